The molecular weight excluding hydrogens is 224 g/mol. The van der Waals surface area contributed by atoms with E-state index >= 15 is 0 Å². The minimum Gasteiger partial charge on any atom is -0.399 e. The van der Waals surface area contributed by atoms with Gasteiger partial charge in [-0.2, -0.15) is 0 Å². The topological polar surface area (TPSA) is 46.3 Å². The Morgan fingerprint density at radius 1 is 1.33 bits per heavy atom. The van der Waals surface area contributed by atoms with Gasteiger partial charge in [-0.05, 0) is 36.5 Å². The SMILES string of the molecule is CC(C(=O)N1CC(C)C(C)C1)c1cccc(N)c1. The second kappa shape index (κ2) is 5.01. The zero-order valence-electron chi connectivity index (χ0n) is 11.4. The van der Waals surface area contributed by atoms with Crippen LogP contribution < -0.4 is 5.73 Å². The number of amides is 1. The predicted octanol–water partition coefficient (Wildman–Crippen LogP) is 2.49. The highest BCUT2D eigenvalue weighted by Crippen LogP contribution is 2.27. The molecule has 3 heteroatoms. The van der Waals surface area contributed by atoms with Crippen molar-refractivity contribution < 1.29 is 4.79 Å². The van der Waals surface area contributed by atoms with Crippen molar-refractivity contribution in [2.24, 2.45) is 11.8 Å². The van der Waals surface area contributed by atoms with Crippen molar-refractivity contribution in [3.05, 3.63) is 29.8 Å². The maximum absolute atomic E-state index is 12.4. The summed E-state index contributed by atoms with van der Waals surface area (Å²) in [5, 5.41) is 0. The van der Waals surface area contributed by atoms with Gasteiger partial charge >= 0.3 is 0 Å². The number of carbonyl (C=O) groups is 1. The number of nitrogens with two attached hydrogens (primary N) is 1. The van der Waals surface area contributed by atoms with Gasteiger partial charge in [-0.1, -0.05) is 26.0 Å². The lowest BCUT2D eigenvalue weighted by Crippen LogP contribution is -2.32. The molecule has 0 radical (unpaired) electrons. The maximum Gasteiger partial charge on any atom is 0.229 e. The monoisotopic (exact) mass is 246 g/mol. The second-order valence-electron chi connectivity index (χ2n) is 5.59. The van der Waals surface area contributed by atoms with Crippen molar-refractivity contribution in [1.29, 1.82) is 0 Å². The fourth-order valence-electron chi connectivity index (χ4n) is 2.55. The number of nitrogen functional groups attached to an aromatic ring is 1. The van der Waals surface area contributed by atoms with Crippen LogP contribution in [0.1, 0.15) is 32.3 Å². The molecule has 2 rings (SSSR count). The van der Waals surface area contributed by atoms with E-state index in [9.17, 15) is 4.79 Å². The van der Waals surface area contributed by atoms with Crippen LogP contribution in [-0.4, -0.2) is 23.9 Å². The van der Waals surface area contributed by atoms with Crippen LogP contribution in [0, 0.1) is 11.8 Å². The van der Waals surface area contributed by atoms with E-state index in [2.05, 4.69) is 13.8 Å². The van der Waals surface area contributed by atoms with E-state index in [4.69, 9.17) is 5.73 Å². The Labute approximate surface area is 109 Å². The molecule has 1 amide bonds. The molecule has 3 nitrogen and oxygen atoms in total. The van der Waals surface area contributed by atoms with Gasteiger partial charge in [0.25, 0.3) is 0 Å². The van der Waals surface area contributed by atoms with Crippen molar-refractivity contribution >= 4 is 11.6 Å². The van der Waals surface area contributed by atoms with E-state index in [0.29, 0.717) is 11.8 Å². The van der Waals surface area contributed by atoms with Crippen molar-refractivity contribution in [2.45, 2.75) is 26.7 Å². The summed E-state index contributed by atoms with van der Waals surface area (Å²) in [4.78, 5) is 14.4. The summed E-state index contributed by atoms with van der Waals surface area (Å²) in [7, 11) is 0. The van der Waals surface area contributed by atoms with Gasteiger partial charge in [0.15, 0.2) is 0 Å². The number of likely N-dealkylation sites (tertiary alicyclic amines) is 1. The van der Waals surface area contributed by atoms with Gasteiger partial charge in [0.05, 0.1) is 5.92 Å². The summed E-state index contributed by atoms with van der Waals surface area (Å²) < 4.78 is 0. The Kier molecular flexibility index (Phi) is 3.60. The molecule has 1 aromatic carbocycles. The summed E-state index contributed by atoms with van der Waals surface area (Å²) in [5.74, 6) is 1.31. The van der Waals surface area contributed by atoms with Gasteiger partial charge < -0.3 is 10.6 Å². The number of anilines is 1. The fraction of sp³-hybridized carbons (Fsp3) is 0.533. The van der Waals surface area contributed by atoms with Crippen molar-refractivity contribution in [3.63, 3.8) is 0 Å². The van der Waals surface area contributed by atoms with Crippen LogP contribution in [0.5, 0.6) is 0 Å². The van der Waals surface area contributed by atoms with Gasteiger partial charge in [0, 0.05) is 18.8 Å². The third-order valence-electron chi connectivity index (χ3n) is 4.08. The molecule has 18 heavy (non-hydrogen) atoms. The number of carbonyl (C=O) groups excluding carboxylic acids is 1. The van der Waals surface area contributed by atoms with Gasteiger partial charge in [0.1, 0.15) is 0 Å². The van der Waals surface area contributed by atoms with E-state index in [1.54, 1.807) is 0 Å². The van der Waals surface area contributed by atoms with E-state index in [0.717, 1.165) is 24.3 Å². The number of benzene rings is 1. The third-order valence-corrected chi connectivity index (χ3v) is 4.08. The molecule has 1 saturated heterocycles. The van der Waals surface area contributed by atoms with Crippen LogP contribution in [0.4, 0.5) is 5.69 Å². The standard InChI is InChI=1S/C15H22N2O/c1-10-8-17(9-11(10)2)15(18)12(3)13-5-4-6-14(16)7-13/h4-7,10-12H,8-9,16H2,1-3H3. The zero-order valence-corrected chi connectivity index (χ0v) is 11.4. The molecule has 0 bridgehead atoms. The molecule has 1 aliphatic rings. The highest BCUT2D eigenvalue weighted by atomic mass is 16.2. The molecule has 0 aliphatic carbocycles. The molecule has 0 aromatic heterocycles. The first kappa shape index (κ1) is 12.9. The molecular formula is C15H22N2O. The average molecular weight is 246 g/mol. The van der Waals surface area contributed by atoms with Crippen molar-refractivity contribution in [3.8, 4) is 0 Å². The van der Waals surface area contributed by atoms with Gasteiger partial charge in [-0.15, -0.1) is 0 Å². The highest BCUT2D eigenvalue weighted by molar-refractivity contribution is 5.83. The van der Waals surface area contributed by atoms with Crippen LogP contribution in [0.25, 0.3) is 0 Å². The molecule has 1 aliphatic heterocycles. The molecule has 1 aromatic rings. The normalized spacial score (nSPS) is 25.2. The van der Waals surface area contributed by atoms with Gasteiger partial charge in [0.2, 0.25) is 5.91 Å². The van der Waals surface area contributed by atoms with Crippen LogP contribution in [0.3, 0.4) is 0 Å². The Hall–Kier alpha value is -1.51. The summed E-state index contributed by atoms with van der Waals surface area (Å²) in [6, 6.07) is 7.62. The smallest absolute Gasteiger partial charge is 0.229 e. The first-order valence-corrected chi connectivity index (χ1v) is 6.63. The highest BCUT2D eigenvalue weighted by Gasteiger charge is 2.31. The first-order valence-electron chi connectivity index (χ1n) is 6.63. The first-order chi connectivity index (χ1) is 8.49. The summed E-state index contributed by atoms with van der Waals surface area (Å²) in [5.41, 5.74) is 7.49. The lowest BCUT2D eigenvalue weighted by Gasteiger charge is -2.21. The Morgan fingerprint density at radius 3 is 2.50 bits per heavy atom. The summed E-state index contributed by atoms with van der Waals surface area (Å²) >= 11 is 0. The molecule has 1 fully saturated rings. The number of rotatable bonds is 2. The molecule has 2 N–H and O–H groups in total. The summed E-state index contributed by atoms with van der Waals surface area (Å²) in [6.07, 6.45) is 0. The third kappa shape index (κ3) is 2.50. The zero-order chi connectivity index (χ0) is 13.3. The Bertz CT molecular complexity index is 434. The van der Waals surface area contributed by atoms with E-state index in [1.165, 1.54) is 0 Å². The molecule has 1 heterocycles. The van der Waals surface area contributed by atoms with Crippen LogP contribution >= 0.6 is 0 Å². The predicted molar refractivity (Wildman–Crippen MR) is 74.2 cm³/mol. The lowest BCUT2D eigenvalue weighted by molar-refractivity contribution is -0.131. The molecule has 0 spiro atoms. The minimum atomic E-state index is -0.106. The molecule has 3 unspecified atom stereocenters. The van der Waals surface area contributed by atoms with Gasteiger partial charge in [-0.3, -0.25) is 4.79 Å². The molecule has 3 atom stereocenters. The van der Waals surface area contributed by atoms with Crippen LogP contribution in [0.2, 0.25) is 0 Å². The quantitative estimate of drug-likeness (QED) is 0.815. The van der Waals surface area contributed by atoms with Crippen molar-refractivity contribution in [1.82, 2.24) is 4.90 Å². The van der Waals surface area contributed by atoms with Crippen LogP contribution in [0.15, 0.2) is 24.3 Å². The van der Waals surface area contributed by atoms with Crippen LogP contribution in [-0.2, 0) is 4.79 Å². The van der Waals surface area contributed by atoms with E-state index < -0.39 is 0 Å². The summed E-state index contributed by atoms with van der Waals surface area (Å²) in [6.45, 7) is 8.15. The number of nitrogens with zero attached hydrogens (tertiary/aromatic N) is 1. The largest absolute Gasteiger partial charge is 0.399 e. The maximum atomic E-state index is 12.4. The van der Waals surface area contributed by atoms with E-state index in [-0.39, 0.29) is 11.8 Å². The van der Waals surface area contributed by atoms with E-state index in [1.807, 2.05) is 36.1 Å². The Balaban J connectivity index is 2.10. The lowest BCUT2D eigenvalue weighted by atomic mass is 9.99. The molecule has 98 valence electrons. The van der Waals surface area contributed by atoms with Gasteiger partial charge in [-0.25, -0.2) is 0 Å². The number of hydrogen-bond donors (Lipinski definition) is 1. The van der Waals surface area contributed by atoms with Crippen molar-refractivity contribution in [2.75, 3.05) is 18.8 Å². The molecule has 0 saturated carbocycles. The second-order valence-corrected chi connectivity index (χ2v) is 5.59. The minimum absolute atomic E-state index is 0.106. The fourth-order valence-corrected chi connectivity index (χ4v) is 2.55. The number of hydrogen-bond acceptors (Lipinski definition) is 2. The average Bonchev–Trinajstić information content (AvgIpc) is 2.68. The Morgan fingerprint density at radius 2 is 1.94 bits per heavy atom.